The topological polar surface area (TPSA) is 108 Å². The van der Waals surface area contributed by atoms with Crippen molar-refractivity contribution in [2.24, 2.45) is 0 Å². The summed E-state index contributed by atoms with van der Waals surface area (Å²) in [6, 6.07) is 4.82. The second kappa shape index (κ2) is 8.42. The Bertz CT molecular complexity index is 847. The van der Waals surface area contributed by atoms with E-state index in [4.69, 9.17) is 0 Å². The summed E-state index contributed by atoms with van der Waals surface area (Å²) < 4.78 is 0. The summed E-state index contributed by atoms with van der Waals surface area (Å²) in [4.78, 5) is 50.5. The summed E-state index contributed by atoms with van der Waals surface area (Å²) in [5, 5.41) is 9.11. The Morgan fingerprint density at radius 2 is 1.93 bits per heavy atom. The zero-order chi connectivity index (χ0) is 20.4. The molecular weight excluding hydrogens is 372 g/mol. The Labute approximate surface area is 169 Å². The molecule has 8 nitrogen and oxygen atoms in total. The quantitative estimate of drug-likeness (QED) is 0.481. The van der Waals surface area contributed by atoms with Crippen molar-refractivity contribution in [1.29, 1.82) is 0 Å². The monoisotopic (exact) mass is 398 g/mol. The fraction of sp³-hybridized carbons (Fsp3) is 0.524. The summed E-state index contributed by atoms with van der Waals surface area (Å²) >= 11 is 0. The van der Waals surface area contributed by atoms with E-state index in [0.29, 0.717) is 23.7 Å². The molecule has 1 aromatic rings. The lowest BCUT2D eigenvalue weighted by molar-refractivity contribution is -0.136. The number of carbonyl (C=O) groups is 4. The van der Waals surface area contributed by atoms with E-state index >= 15 is 0 Å². The van der Waals surface area contributed by atoms with E-state index in [1.54, 1.807) is 12.1 Å². The van der Waals surface area contributed by atoms with Gasteiger partial charge >= 0.3 is 0 Å². The van der Waals surface area contributed by atoms with Crippen molar-refractivity contribution in [3.63, 3.8) is 0 Å². The van der Waals surface area contributed by atoms with E-state index in [0.717, 1.165) is 30.0 Å². The van der Waals surface area contributed by atoms with Crippen molar-refractivity contribution in [3.8, 4) is 0 Å². The highest BCUT2D eigenvalue weighted by atomic mass is 16.2. The number of nitrogens with one attached hydrogen (secondary N) is 3. The highest BCUT2D eigenvalue weighted by Gasteiger charge is 2.45. The highest BCUT2D eigenvalue weighted by Crippen LogP contribution is 2.29. The Morgan fingerprint density at radius 3 is 2.69 bits per heavy atom. The van der Waals surface area contributed by atoms with Gasteiger partial charge < -0.3 is 10.6 Å². The lowest BCUT2D eigenvalue weighted by Crippen LogP contribution is -2.54. The maximum atomic E-state index is 13.0. The molecule has 0 aliphatic carbocycles. The molecule has 2 atom stereocenters. The van der Waals surface area contributed by atoms with E-state index in [1.807, 2.05) is 6.07 Å². The van der Waals surface area contributed by atoms with E-state index in [9.17, 15) is 19.2 Å². The number of rotatable bonds is 6. The Hall–Kier alpha value is -2.58. The van der Waals surface area contributed by atoms with Crippen molar-refractivity contribution in [3.05, 3.63) is 34.9 Å². The van der Waals surface area contributed by atoms with Gasteiger partial charge in [0.25, 0.3) is 11.8 Å². The smallest absolute Gasteiger partial charge is 0.262 e. The van der Waals surface area contributed by atoms with Crippen molar-refractivity contribution in [1.82, 2.24) is 20.9 Å². The summed E-state index contributed by atoms with van der Waals surface area (Å²) in [6.45, 7) is 2.38. The maximum absolute atomic E-state index is 13.0. The minimum absolute atomic E-state index is 0.118. The van der Waals surface area contributed by atoms with Gasteiger partial charge in [0, 0.05) is 19.0 Å². The van der Waals surface area contributed by atoms with Crippen LogP contribution in [0.4, 0.5) is 0 Å². The standard InChI is InChI=1S/C21H26N4O4/c26-17-8-7-16(19(27)24-17)25-20(28)15-6-3-4-13(18(15)21(25)29)12-22-11-9-14-5-1-2-10-23-14/h3-4,6,14,16,22-23H,1-2,5,7-12H2,(H,24,26,27). The minimum atomic E-state index is -0.932. The Morgan fingerprint density at radius 1 is 1.07 bits per heavy atom. The third-order valence-electron chi connectivity index (χ3n) is 5.95. The highest BCUT2D eigenvalue weighted by molar-refractivity contribution is 6.24. The molecule has 0 radical (unpaired) electrons. The molecule has 4 rings (SSSR count). The van der Waals surface area contributed by atoms with Gasteiger partial charge in [0.1, 0.15) is 6.04 Å². The molecule has 4 amide bonds. The molecule has 154 valence electrons. The molecule has 0 spiro atoms. The number of hydrogen-bond acceptors (Lipinski definition) is 6. The lowest BCUT2D eigenvalue weighted by atomic mass is 10.0. The molecule has 0 aromatic heterocycles. The molecule has 2 unspecified atom stereocenters. The van der Waals surface area contributed by atoms with Crippen molar-refractivity contribution in [2.75, 3.05) is 13.1 Å². The van der Waals surface area contributed by atoms with Gasteiger partial charge in [-0.2, -0.15) is 0 Å². The summed E-state index contributed by atoms with van der Waals surface area (Å²) in [7, 11) is 0. The van der Waals surface area contributed by atoms with Gasteiger partial charge in [-0.1, -0.05) is 18.6 Å². The number of hydrogen-bond donors (Lipinski definition) is 3. The number of amides is 4. The normalized spacial score (nSPS) is 24.6. The van der Waals surface area contributed by atoms with E-state index < -0.39 is 23.8 Å². The van der Waals surface area contributed by atoms with Crippen LogP contribution in [0.5, 0.6) is 0 Å². The molecule has 2 saturated heterocycles. The molecule has 0 saturated carbocycles. The van der Waals surface area contributed by atoms with Crippen molar-refractivity contribution >= 4 is 23.6 Å². The SMILES string of the molecule is O=C1CCC(N2C(=O)c3cccc(CNCCC4CCCCN4)c3C2=O)C(=O)N1. The van der Waals surface area contributed by atoms with Crippen LogP contribution in [0, 0.1) is 0 Å². The van der Waals surface area contributed by atoms with Crippen LogP contribution in [0.25, 0.3) is 0 Å². The number of nitrogens with zero attached hydrogens (tertiary/aromatic N) is 1. The fourth-order valence-corrected chi connectivity index (χ4v) is 4.40. The van der Waals surface area contributed by atoms with Crippen LogP contribution in [0.1, 0.15) is 64.8 Å². The molecule has 1 aromatic carbocycles. The first kappa shape index (κ1) is 19.7. The first-order valence-electron chi connectivity index (χ1n) is 10.3. The molecule has 8 heteroatoms. The predicted molar refractivity (Wildman–Crippen MR) is 105 cm³/mol. The van der Waals surface area contributed by atoms with Crippen molar-refractivity contribution < 1.29 is 19.2 Å². The zero-order valence-corrected chi connectivity index (χ0v) is 16.3. The number of carbonyl (C=O) groups excluding carboxylic acids is 4. The second-order valence-electron chi connectivity index (χ2n) is 7.90. The van der Waals surface area contributed by atoms with Gasteiger partial charge in [-0.3, -0.25) is 29.4 Å². The van der Waals surface area contributed by atoms with Gasteiger partial charge in [-0.15, -0.1) is 0 Å². The predicted octanol–water partition coefficient (Wildman–Crippen LogP) is 0.710. The fourth-order valence-electron chi connectivity index (χ4n) is 4.40. The number of benzene rings is 1. The molecule has 3 heterocycles. The van der Waals surface area contributed by atoms with Crippen LogP contribution in [-0.4, -0.2) is 53.7 Å². The van der Waals surface area contributed by atoms with Crippen LogP contribution in [0.2, 0.25) is 0 Å². The lowest BCUT2D eigenvalue weighted by Gasteiger charge is -2.27. The van der Waals surface area contributed by atoms with Crippen LogP contribution in [0.3, 0.4) is 0 Å². The average Bonchev–Trinajstić information content (AvgIpc) is 2.98. The van der Waals surface area contributed by atoms with Gasteiger partial charge in [0.15, 0.2) is 0 Å². The van der Waals surface area contributed by atoms with Gasteiger partial charge in [-0.25, -0.2) is 0 Å². The van der Waals surface area contributed by atoms with E-state index in [1.165, 1.54) is 19.3 Å². The number of fused-ring (bicyclic) bond motifs is 1. The van der Waals surface area contributed by atoms with Gasteiger partial charge in [-0.05, 0) is 50.4 Å². The maximum Gasteiger partial charge on any atom is 0.262 e. The molecule has 0 bridgehead atoms. The van der Waals surface area contributed by atoms with Crippen LogP contribution < -0.4 is 16.0 Å². The van der Waals surface area contributed by atoms with E-state index in [2.05, 4.69) is 16.0 Å². The zero-order valence-electron chi connectivity index (χ0n) is 16.3. The van der Waals surface area contributed by atoms with Gasteiger partial charge in [0.2, 0.25) is 11.8 Å². The van der Waals surface area contributed by atoms with Gasteiger partial charge in [0.05, 0.1) is 11.1 Å². The first-order valence-corrected chi connectivity index (χ1v) is 10.3. The number of imide groups is 2. The van der Waals surface area contributed by atoms with Crippen LogP contribution in [-0.2, 0) is 16.1 Å². The molecule has 3 aliphatic rings. The summed E-state index contributed by atoms with van der Waals surface area (Å²) in [5.41, 5.74) is 1.45. The van der Waals surface area contributed by atoms with E-state index in [-0.39, 0.29) is 18.7 Å². The molecule has 3 N–H and O–H groups in total. The summed E-state index contributed by atoms with van der Waals surface area (Å²) in [6.07, 6.45) is 4.99. The minimum Gasteiger partial charge on any atom is -0.314 e. The number of piperidine rings is 2. The third-order valence-corrected chi connectivity index (χ3v) is 5.95. The van der Waals surface area contributed by atoms with Crippen LogP contribution >= 0.6 is 0 Å². The van der Waals surface area contributed by atoms with Crippen molar-refractivity contribution in [2.45, 2.75) is 57.2 Å². The molecule has 2 fully saturated rings. The summed E-state index contributed by atoms with van der Waals surface area (Å²) in [5.74, 6) is -1.88. The molecule has 3 aliphatic heterocycles. The first-order chi connectivity index (χ1) is 14.1. The molecular formula is C21H26N4O4. The second-order valence-corrected chi connectivity index (χ2v) is 7.90. The Balaban J connectivity index is 1.43. The Kier molecular flexibility index (Phi) is 5.73. The third kappa shape index (κ3) is 3.95. The average molecular weight is 398 g/mol. The van der Waals surface area contributed by atoms with Crippen LogP contribution in [0.15, 0.2) is 18.2 Å². The molecule has 29 heavy (non-hydrogen) atoms. The largest absolute Gasteiger partial charge is 0.314 e.